The molecule has 1 N–H and O–H groups in total. The second-order valence-electron chi connectivity index (χ2n) is 3.84. The summed E-state index contributed by atoms with van der Waals surface area (Å²) in [7, 11) is -3.82. The van der Waals surface area contributed by atoms with Gasteiger partial charge >= 0.3 is 29.6 Å². The van der Waals surface area contributed by atoms with Crippen molar-refractivity contribution in [2.45, 2.75) is 19.3 Å². The molecule has 0 aliphatic heterocycles. The van der Waals surface area contributed by atoms with Crippen LogP contribution < -0.4 is 29.6 Å². The molecule has 0 spiro atoms. The fraction of sp³-hybridized carbons (Fsp3) is 0.500. The fourth-order valence-electron chi connectivity index (χ4n) is 1.43. The molecule has 0 unspecified atom stereocenters. The van der Waals surface area contributed by atoms with Crippen LogP contribution in [0, 0.1) is 0 Å². The first-order valence-corrected chi connectivity index (χ1v) is 7.26. The van der Waals surface area contributed by atoms with Crippen LogP contribution in [0.3, 0.4) is 0 Å². The van der Waals surface area contributed by atoms with Gasteiger partial charge in [-0.3, -0.25) is 4.55 Å². The summed E-state index contributed by atoms with van der Waals surface area (Å²) in [4.78, 5) is 0. The third-order valence-electron chi connectivity index (χ3n) is 2.32. The Balaban J connectivity index is 0. The van der Waals surface area contributed by atoms with Crippen LogP contribution in [-0.4, -0.2) is 31.9 Å². The molecule has 0 radical (unpaired) electrons. The van der Waals surface area contributed by atoms with Crippen molar-refractivity contribution in [2.24, 2.45) is 0 Å². The number of hydrogen-bond donors (Lipinski definition) is 1. The van der Waals surface area contributed by atoms with Gasteiger partial charge in [-0.05, 0) is 24.8 Å². The summed E-state index contributed by atoms with van der Waals surface area (Å²) in [6.45, 7) is 1.16. The van der Waals surface area contributed by atoms with Crippen molar-refractivity contribution in [1.29, 1.82) is 0 Å². The smallest absolute Gasteiger partial charge is 1.00 e. The Labute approximate surface area is 132 Å². The minimum Gasteiger partial charge on any atom is -1.00 e. The molecule has 4 nitrogen and oxygen atoms in total. The van der Waals surface area contributed by atoms with E-state index >= 15 is 0 Å². The Morgan fingerprint density at radius 1 is 1.11 bits per heavy atom. The van der Waals surface area contributed by atoms with Crippen LogP contribution in [0.25, 0.3) is 0 Å². The average Bonchev–Trinajstić information content (AvgIpc) is 2.28. The predicted molar refractivity (Wildman–Crippen MR) is 67.7 cm³/mol. The molecule has 0 aromatic heterocycles. The van der Waals surface area contributed by atoms with Crippen LogP contribution in [-0.2, 0) is 21.3 Å². The van der Waals surface area contributed by atoms with Crippen LogP contribution in [0.1, 0.15) is 19.8 Å². The second-order valence-corrected chi connectivity index (χ2v) is 5.41. The molecule has 0 aliphatic carbocycles. The molecule has 0 aliphatic rings. The molecule has 1 aromatic carbocycles. The predicted octanol–water partition coefficient (Wildman–Crippen LogP) is -0.970. The average molecular weight is 282 g/mol. The van der Waals surface area contributed by atoms with Crippen LogP contribution in [0.4, 0.5) is 0 Å². The van der Waals surface area contributed by atoms with Crippen LogP contribution >= 0.6 is 0 Å². The van der Waals surface area contributed by atoms with E-state index in [2.05, 4.69) is 0 Å². The van der Waals surface area contributed by atoms with E-state index in [1.807, 2.05) is 30.3 Å². The molecule has 0 amide bonds. The summed E-state index contributed by atoms with van der Waals surface area (Å²) >= 11 is 0. The maximum Gasteiger partial charge on any atom is 1.00 e. The van der Waals surface area contributed by atoms with Gasteiger partial charge in [0.1, 0.15) is 0 Å². The Morgan fingerprint density at radius 3 is 2.39 bits per heavy atom. The first kappa shape index (κ1) is 18.1. The maximum atomic E-state index is 10.4. The molecule has 98 valence electrons. The van der Waals surface area contributed by atoms with Gasteiger partial charge in [0.25, 0.3) is 10.1 Å². The summed E-state index contributed by atoms with van der Waals surface area (Å²) in [6, 6.07) is 10.0. The van der Waals surface area contributed by atoms with Crippen LogP contribution in [0.2, 0.25) is 0 Å². The maximum absolute atomic E-state index is 10.4. The van der Waals surface area contributed by atoms with Gasteiger partial charge in [-0.25, -0.2) is 0 Å². The van der Waals surface area contributed by atoms with Crippen molar-refractivity contribution in [3.05, 3.63) is 35.9 Å². The summed E-state index contributed by atoms with van der Waals surface area (Å²) in [6.07, 6.45) is 1.94. The SMILES string of the molecule is O=S(=O)(O)CCCCOCCc1ccccc1.[H-].[Na+]. The number of unbranched alkanes of at least 4 members (excludes halogenated alkanes) is 1. The number of rotatable bonds is 8. The molecule has 6 heteroatoms. The van der Waals surface area contributed by atoms with Gasteiger partial charge in [-0.2, -0.15) is 8.42 Å². The van der Waals surface area contributed by atoms with E-state index in [9.17, 15) is 8.42 Å². The zero-order valence-electron chi connectivity index (χ0n) is 11.7. The fourth-order valence-corrected chi connectivity index (χ4v) is 1.99. The van der Waals surface area contributed by atoms with Gasteiger partial charge in [-0.1, -0.05) is 30.3 Å². The summed E-state index contributed by atoms with van der Waals surface area (Å²) < 4.78 is 34.7. The number of benzene rings is 1. The second kappa shape index (κ2) is 9.95. The van der Waals surface area contributed by atoms with E-state index in [-0.39, 0.29) is 36.7 Å². The van der Waals surface area contributed by atoms with Gasteiger partial charge in [0.2, 0.25) is 0 Å². The van der Waals surface area contributed by atoms with E-state index < -0.39 is 10.1 Å². The largest absolute Gasteiger partial charge is 1.00 e. The minimum atomic E-state index is -3.82. The first-order valence-electron chi connectivity index (χ1n) is 5.65. The molecule has 0 bridgehead atoms. The third-order valence-corrected chi connectivity index (χ3v) is 3.12. The van der Waals surface area contributed by atoms with E-state index in [1.54, 1.807) is 0 Å². The van der Waals surface area contributed by atoms with Gasteiger partial charge in [0.05, 0.1) is 12.4 Å². The quantitative estimate of drug-likeness (QED) is 0.378. The van der Waals surface area contributed by atoms with E-state index in [0.29, 0.717) is 26.1 Å². The van der Waals surface area contributed by atoms with Gasteiger partial charge in [0.15, 0.2) is 0 Å². The molecular weight excluding hydrogens is 263 g/mol. The van der Waals surface area contributed by atoms with Crippen molar-refractivity contribution >= 4 is 10.1 Å². The van der Waals surface area contributed by atoms with E-state index in [0.717, 1.165) is 6.42 Å². The molecular formula is C12H19NaO4S. The van der Waals surface area contributed by atoms with E-state index in [1.165, 1.54) is 5.56 Å². The molecule has 1 rings (SSSR count). The zero-order valence-corrected chi connectivity index (χ0v) is 13.5. The van der Waals surface area contributed by atoms with Crippen molar-refractivity contribution in [2.75, 3.05) is 19.0 Å². The summed E-state index contributed by atoms with van der Waals surface area (Å²) in [5.41, 5.74) is 1.23. The Hall–Kier alpha value is 0.0900. The molecule has 0 saturated carbocycles. The molecule has 0 heterocycles. The Bertz CT molecular complexity index is 411. The van der Waals surface area contributed by atoms with Crippen molar-refractivity contribution in [3.63, 3.8) is 0 Å². The monoisotopic (exact) mass is 282 g/mol. The number of hydrogen-bond acceptors (Lipinski definition) is 3. The Kier molecular flexibility index (Phi) is 10.00. The number of ether oxygens (including phenoxy) is 1. The van der Waals surface area contributed by atoms with Crippen molar-refractivity contribution in [1.82, 2.24) is 0 Å². The molecule has 0 atom stereocenters. The van der Waals surface area contributed by atoms with Crippen LogP contribution in [0.15, 0.2) is 30.3 Å². The van der Waals surface area contributed by atoms with Crippen molar-refractivity contribution < 1.29 is 48.7 Å². The standard InChI is InChI=1S/C12H18O4S.Na.H/c13-17(14,15)11-5-4-9-16-10-8-12-6-2-1-3-7-12;;/h1-3,6-7H,4-5,8-11H2,(H,13,14,15);;/q;+1;-1. The zero-order chi connectivity index (χ0) is 12.6. The molecule has 1 aromatic rings. The Morgan fingerprint density at radius 2 is 1.78 bits per heavy atom. The molecule has 0 saturated heterocycles. The van der Waals surface area contributed by atoms with Gasteiger partial charge in [-0.15, -0.1) is 0 Å². The van der Waals surface area contributed by atoms with E-state index in [4.69, 9.17) is 9.29 Å². The third kappa shape index (κ3) is 10.1. The van der Waals surface area contributed by atoms with Crippen LogP contribution in [0.5, 0.6) is 0 Å². The molecule has 18 heavy (non-hydrogen) atoms. The normalized spacial score (nSPS) is 10.9. The van der Waals surface area contributed by atoms with Gasteiger partial charge < -0.3 is 6.16 Å². The first-order chi connectivity index (χ1) is 8.08. The minimum absolute atomic E-state index is 0. The summed E-state index contributed by atoms with van der Waals surface area (Å²) in [5.74, 6) is -0.185. The summed E-state index contributed by atoms with van der Waals surface area (Å²) in [5, 5.41) is 0. The van der Waals surface area contributed by atoms with Crippen molar-refractivity contribution in [3.8, 4) is 0 Å². The molecule has 0 fully saturated rings. The van der Waals surface area contributed by atoms with Gasteiger partial charge in [0, 0.05) is 6.61 Å². The topological polar surface area (TPSA) is 63.6 Å².